The molecule has 0 amide bonds. The van der Waals surface area contributed by atoms with Gasteiger partial charge in [0.2, 0.25) is 0 Å². The van der Waals surface area contributed by atoms with Crippen molar-refractivity contribution < 1.29 is 27.6 Å². The molecule has 0 aromatic heterocycles. The first-order valence-electron chi connectivity index (χ1n) is 5.99. The number of ether oxygens (including phenoxy) is 2. The average molecular weight is 313 g/mol. The summed E-state index contributed by atoms with van der Waals surface area (Å²) in [5, 5.41) is 10.7. The van der Waals surface area contributed by atoms with E-state index in [4.69, 9.17) is 9.47 Å². The second kappa shape index (κ2) is 5.92. The van der Waals surface area contributed by atoms with Gasteiger partial charge in [-0.25, -0.2) is 0 Å². The van der Waals surface area contributed by atoms with Gasteiger partial charge in [-0.2, -0.15) is 13.2 Å². The summed E-state index contributed by atoms with van der Waals surface area (Å²) in [5.74, 6) is 0.351. The van der Waals surface area contributed by atoms with Crippen molar-refractivity contribution in [2.75, 3.05) is 7.11 Å². The van der Waals surface area contributed by atoms with Gasteiger partial charge in [0.25, 0.3) is 5.69 Å². The summed E-state index contributed by atoms with van der Waals surface area (Å²) in [6.45, 7) is 0. The van der Waals surface area contributed by atoms with E-state index in [1.54, 1.807) is 18.2 Å². The number of halogens is 3. The number of benzene rings is 2. The van der Waals surface area contributed by atoms with Crippen LogP contribution in [-0.2, 0) is 6.18 Å². The number of rotatable bonds is 4. The molecule has 116 valence electrons. The highest BCUT2D eigenvalue weighted by Gasteiger charge is 2.38. The predicted molar refractivity (Wildman–Crippen MR) is 71.2 cm³/mol. The average Bonchev–Trinajstić information content (AvgIpc) is 2.46. The highest BCUT2D eigenvalue weighted by atomic mass is 19.4. The Morgan fingerprint density at radius 3 is 2.27 bits per heavy atom. The lowest BCUT2D eigenvalue weighted by Crippen LogP contribution is -2.09. The number of hydrogen-bond donors (Lipinski definition) is 0. The van der Waals surface area contributed by atoms with Crippen molar-refractivity contribution in [1.29, 1.82) is 0 Å². The van der Waals surface area contributed by atoms with Gasteiger partial charge in [-0.1, -0.05) is 12.1 Å². The number of hydrogen-bond acceptors (Lipinski definition) is 4. The molecule has 5 nitrogen and oxygen atoms in total. The maximum Gasteiger partial charge on any atom is 0.423 e. The second-order valence-electron chi connectivity index (χ2n) is 4.19. The van der Waals surface area contributed by atoms with Crippen LogP contribution < -0.4 is 9.47 Å². The topological polar surface area (TPSA) is 61.6 Å². The van der Waals surface area contributed by atoms with Gasteiger partial charge >= 0.3 is 6.18 Å². The van der Waals surface area contributed by atoms with E-state index in [0.717, 1.165) is 12.1 Å². The van der Waals surface area contributed by atoms with Crippen LogP contribution in [0.25, 0.3) is 0 Å². The fourth-order valence-electron chi connectivity index (χ4n) is 1.79. The summed E-state index contributed by atoms with van der Waals surface area (Å²) in [6, 6.07) is 8.81. The molecular weight excluding hydrogens is 303 g/mol. The minimum atomic E-state index is -4.86. The Labute approximate surface area is 123 Å². The van der Waals surface area contributed by atoms with Crippen LogP contribution in [0.5, 0.6) is 17.2 Å². The van der Waals surface area contributed by atoms with Gasteiger partial charge < -0.3 is 9.47 Å². The maximum atomic E-state index is 12.9. The molecule has 0 unspecified atom stereocenters. The molecule has 0 aliphatic carbocycles. The highest BCUT2D eigenvalue weighted by Crippen LogP contribution is 2.40. The molecule has 0 saturated heterocycles. The molecule has 2 rings (SSSR count). The van der Waals surface area contributed by atoms with Crippen molar-refractivity contribution in [3.63, 3.8) is 0 Å². The molecule has 0 heterocycles. The number of nitro groups is 1. The van der Waals surface area contributed by atoms with Crippen molar-refractivity contribution in [2.24, 2.45) is 0 Å². The first-order chi connectivity index (χ1) is 10.3. The van der Waals surface area contributed by atoms with E-state index in [2.05, 4.69) is 0 Å². The fraction of sp³-hybridized carbons (Fsp3) is 0.143. The molecule has 0 aliphatic rings. The Morgan fingerprint density at radius 1 is 1.09 bits per heavy atom. The lowest BCUT2D eigenvalue weighted by molar-refractivity contribution is -0.388. The first kappa shape index (κ1) is 15.6. The quantitative estimate of drug-likeness (QED) is 0.619. The molecule has 2 aromatic carbocycles. The van der Waals surface area contributed by atoms with E-state index in [9.17, 15) is 23.3 Å². The number of nitro benzene ring substituents is 1. The Balaban J connectivity index is 2.43. The van der Waals surface area contributed by atoms with Gasteiger partial charge in [0, 0.05) is 6.07 Å². The monoisotopic (exact) mass is 313 g/mol. The van der Waals surface area contributed by atoms with Crippen LogP contribution in [0.3, 0.4) is 0 Å². The van der Waals surface area contributed by atoms with Crippen molar-refractivity contribution in [1.82, 2.24) is 0 Å². The Kier molecular flexibility index (Phi) is 4.20. The lowest BCUT2D eigenvalue weighted by Gasteiger charge is -2.12. The van der Waals surface area contributed by atoms with Crippen molar-refractivity contribution in [3.05, 3.63) is 58.1 Å². The molecule has 2 aromatic rings. The third-order valence-corrected chi connectivity index (χ3v) is 2.77. The molecule has 0 fully saturated rings. The lowest BCUT2D eigenvalue weighted by atomic mass is 10.1. The minimum Gasteiger partial charge on any atom is -0.493 e. The van der Waals surface area contributed by atoms with Crippen LogP contribution in [0.1, 0.15) is 5.56 Å². The van der Waals surface area contributed by atoms with Gasteiger partial charge in [-0.05, 0) is 24.3 Å². The molecule has 0 N–H and O–H groups in total. The largest absolute Gasteiger partial charge is 0.493 e. The van der Waals surface area contributed by atoms with Gasteiger partial charge in [-0.15, -0.1) is 0 Å². The van der Waals surface area contributed by atoms with E-state index in [1.807, 2.05) is 0 Å². The van der Waals surface area contributed by atoms with Crippen molar-refractivity contribution >= 4 is 5.69 Å². The Hall–Kier alpha value is -2.77. The third kappa shape index (κ3) is 3.27. The summed E-state index contributed by atoms with van der Waals surface area (Å²) in [6.07, 6.45) is -4.86. The molecule has 0 radical (unpaired) electrons. The van der Waals surface area contributed by atoms with Gasteiger partial charge in [-0.3, -0.25) is 10.1 Å². The van der Waals surface area contributed by atoms with Crippen LogP contribution in [0.2, 0.25) is 0 Å². The molecular formula is C14H10F3NO4. The van der Waals surface area contributed by atoms with Gasteiger partial charge in [0.15, 0.2) is 11.5 Å². The van der Waals surface area contributed by atoms with Gasteiger partial charge in [0.1, 0.15) is 11.3 Å². The minimum absolute atomic E-state index is 0.178. The Bertz CT molecular complexity index is 701. The second-order valence-corrected chi connectivity index (χ2v) is 4.19. The molecule has 22 heavy (non-hydrogen) atoms. The first-order valence-corrected chi connectivity index (χ1v) is 5.99. The SMILES string of the molecule is COc1ccccc1Oc1ccc([N+](=O)[O-])c(C(F)(F)F)c1. The zero-order valence-electron chi connectivity index (χ0n) is 11.3. The zero-order valence-corrected chi connectivity index (χ0v) is 11.3. The van der Waals surface area contributed by atoms with Crippen molar-refractivity contribution in [2.45, 2.75) is 6.18 Å². The van der Waals surface area contributed by atoms with E-state index in [1.165, 1.54) is 13.2 Å². The van der Waals surface area contributed by atoms with Crippen LogP contribution in [0.15, 0.2) is 42.5 Å². The summed E-state index contributed by atoms with van der Waals surface area (Å²) >= 11 is 0. The fourth-order valence-corrected chi connectivity index (χ4v) is 1.79. The van der Waals surface area contributed by atoms with Crippen molar-refractivity contribution in [3.8, 4) is 17.2 Å². The Morgan fingerprint density at radius 2 is 1.73 bits per heavy atom. The summed E-state index contributed by atoms with van der Waals surface area (Å²) in [5.41, 5.74) is -2.40. The predicted octanol–water partition coefficient (Wildman–Crippen LogP) is 4.41. The van der Waals surface area contributed by atoms with Crippen LogP contribution in [-0.4, -0.2) is 12.0 Å². The highest BCUT2D eigenvalue weighted by molar-refractivity contribution is 5.49. The number of methoxy groups -OCH3 is 1. The summed E-state index contributed by atoms with van der Waals surface area (Å²) < 4.78 is 49.0. The van der Waals surface area contributed by atoms with E-state index in [0.29, 0.717) is 11.8 Å². The molecule has 0 aliphatic heterocycles. The third-order valence-electron chi connectivity index (χ3n) is 2.77. The standard InChI is InChI=1S/C14H10F3NO4/c1-21-12-4-2-3-5-13(12)22-9-6-7-11(18(19)20)10(8-9)14(15,16)17/h2-8H,1H3. The van der Waals surface area contributed by atoms with E-state index >= 15 is 0 Å². The van der Waals surface area contributed by atoms with Gasteiger partial charge in [0.05, 0.1) is 12.0 Å². The van der Waals surface area contributed by atoms with Crippen LogP contribution in [0, 0.1) is 10.1 Å². The zero-order chi connectivity index (χ0) is 16.3. The number of para-hydroxylation sites is 2. The molecule has 0 bridgehead atoms. The van der Waals surface area contributed by atoms with Crippen LogP contribution in [0.4, 0.5) is 18.9 Å². The van der Waals surface area contributed by atoms with E-state index < -0.39 is 22.4 Å². The smallest absolute Gasteiger partial charge is 0.423 e. The molecule has 0 saturated carbocycles. The molecule has 0 atom stereocenters. The molecule has 0 spiro atoms. The van der Waals surface area contributed by atoms with E-state index in [-0.39, 0.29) is 11.5 Å². The summed E-state index contributed by atoms with van der Waals surface area (Å²) in [4.78, 5) is 9.60. The maximum absolute atomic E-state index is 12.9. The van der Waals surface area contributed by atoms with Crippen LogP contribution >= 0.6 is 0 Å². The normalized spacial score (nSPS) is 11.1. The molecule has 8 heteroatoms. The summed E-state index contributed by atoms with van der Waals surface area (Å²) in [7, 11) is 1.39. The number of alkyl halides is 3. The number of nitrogens with zero attached hydrogens (tertiary/aromatic N) is 1.